The molecule has 0 rings (SSSR count). The molecule has 0 spiro atoms. The number of carbonyl (C=O) groups is 2. The highest BCUT2D eigenvalue weighted by atomic mass is 31.2. The van der Waals surface area contributed by atoms with E-state index in [-0.39, 0.29) is 19.4 Å². The number of phosphoric acid groups is 1. The van der Waals surface area contributed by atoms with Crippen LogP contribution in [0.15, 0.2) is 48.6 Å². The zero-order chi connectivity index (χ0) is 34.3. The minimum atomic E-state index is -4.78. The smallest absolute Gasteiger partial charge is 0.462 e. The monoisotopic (exact) mass is 670 g/mol. The first-order chi connectivity index (χ1) is 22.1. The lowest BCUT2D eigenvalue weighted by atomic mass is 10.00. The molecule has 2 unspecified atom stereocenters. The van der Waals surface area contributed by atoms with Crippen LogP contribution in [0.3, 0.4) is 0 Å². The minimum absolute atomic E-state index is 0.0756. The molecule has 0 saturated heterocycles. The van der Waals surface area contributed by atoms with Crippen molar-refractivity contribution in [3.05, 3.63) is 48.6 Å². The van der Waals surface area contributed by atoms with E-state index in [1.54, 1.807) is 12.2 Å². The first kappa shape index (κ1) is 44.0. The lowest BCUT2D eigenvalue weighted by molar-refractivity contribution is -0.161. The van der Waals surface area contributed by atoms with Crippen LogP contribution in [0.2, 0.25) is 0 Å². The van der Waals surface area contributed by atoms with Gasteiger partial charge < -0.3 is 24.4 Å². The SMILES string of the molecule is CCCCC/C=C\C/C=C\CC(O)/C=C\C=C\CCCC(=O)O[C@H](COC(=O)CCCCCCCCC(C)CC)COP(=O)(O)O. The van der Waals surface area contributed by atoms with Crippen molar-refractivity contribution in [3.63, 3.8) is 0 Å². The van der Waals surface area contributed by atoms with Crippen molar-refractivity contribution in [3.8, 4) is 0 Å². The predicted molar refractivity (Wildman–Crippen MR) is 185 cm³/mol. The Bertz CT molecular complexity index is 922. The van der Waals surface area contributed by atoms with E-state index in [2.05, 4.69) is 37.4 Å². The topological polar surface area (TPSA) is 140 Å². The molecule has 0 bridgehead atoms. The summed E-state index contributed by atoms with van der Waals surface area (Å²) >= 11 is 0. The van der Waals surface area contributed by atoms with Crippen LogP contribution in [0.1, 0.15) is 136 Å². The molecule has 0 aromatic heterocycles. The van der Waals surface area contributed by atoms with E-state index in [4.69, 9.17) is 19.3 Å². The molecule has 0 heterocycles. The fourth-order valence-corrected chi connectivity index (χ4v) is 4.78. The van der Waals surface area contributed by atoms with Crippen molar-refractivity contribution in [2.24, 2.45) is 5.92 Å². The highest BCUT2D eigenvalue weighted by molar-refractivity contribution is 7.46. The summed E-state index contributed by atoms with van der Waals surface area (Å²) in [7, 11) is -4.78. The highest BCUT2D eigenvalue weighted by Crippen LogP contribution is 2.35. The number of phosphoric ester groups is 1. The summed E-state index contributed by atoms with van der Waals surface area (Å²) in [5, 5.41) is 10.0. The van der Waals surface area contributed by atoms with Gasteiger partial charge >= 0.3 is 19.8 Å². The molecule has 0 saturated carbocycles. The van der Waals surface area contributed by atoms with Crippen LogP contribution < -0.4 is 0 Å². The summed E-state index contributed by atoms with van der Waals surface area (Å²) in [6.07, 6.45) is 30.2. The molecular weight excluding hydrogens is 607 g/mol. The second-order valence-electron chi connectivity index (χ2n) is 11.9. The van der Waals surface area contributed by atoms with Crippen LogP contribution in [0.4, 0.5) is 0 Å². The Morgan fingerprint density at radius 3 is 2.15 bits per heavy atom. The van der Waals surface area contributed by atoms with E-state index >= 15 is 0 Å². The van der Waals surface area contributed by atoms with Crippen molar-refractivity contribution in [2.75, 3.05) is 13.2 Å². The Morgan fingerprint density at radius 1 is 0.761 bits per heavy atom. The van der Waals surface area contributed by atoms with Gasteiger partial charge in [0.25, 0.3) is 0 Å². The molecule has 0 aromatic rings. The molecule has 0 aliphatic carbocycles. The maximum atomic E-state index is 12.3. The van der Waals surface area contributed by atoms with E-state index in [0.29, 0.717) is 25.7 Å². The number of rotatable bonds is 30. The minimum Gasteiger partial charge on any atom is -0.462 e. The molecule has 0 radical (unpaired) electrons. The fraction of sp³-hybridized carbons (Fsp3) is 0.722. The van der Waals surface area contributed by atoms with Gasteiger partial charge in [-0.2, -0.15) is 0 Å². The number of aliphatic hydroxyl groups is 1. The summed E-state index contributed by atoms with van der Waals surface area (Å²) in [5.74, 6) is -0.249. The average molecular weight is 671 g/mol. The molecular formula is C36H63O9P. The number of hydrogen-bond donors (Lipinski definition) is 3. The molecule has 3 N–H and O–H groups in total. The van der Waals surface area contributed by atoms with Crippen LogP contribution in [-0.4, -0.2) is 52.3 Å². The van der Waals surface area contributed by atoms with Gasteiger partial charge in [-0.3, -0.25) is 14.1 Å². The van der Waals surface area contributed by atoms with Crippen molar-refractivity contribution >= 4 is 19.8 Å². The molecule has 0 aliphatic heterocycles. The quantitative estimate of drug-likeness (QED) is 0.0225. The number of allylic oxidation sites excluding steroid dienone is 6. The summed E-state index contributed by atoms with van der Waals surface area (Å²) < 4.78 is 26.1. The highest BCUT2D eigenvalue weighted by Gasteiger charge is 2.22. The molecule has 3 atom stereocenters. The van der Waals surface area contributed by atoms with Crippen molar-refractivity contribution < 1.29 is 43.0 Å². The Hall–Kier alpha value is -2.03. The zero-order valence-electron chi connectivity index (χ0n) is 28.7. The van der Waals surface area contributed by atoms with E-state index in [9.17, 15) is 19.3 Å². The molecule has 0 aromatic carbocycles. The Kier molecular flexibility index (Phi) is 29.0. The van der Waals surface area contributed by atoms with Gasteiger partial charge in [-0.1, -0.05) is 127 Å². The van der Waals surface area contributed by atoms with E-state index in [1.165, 1.54) is 44.9 Å². The van der Waals surface area contributed by atoms with Crippen LogP contribution in [0.25, 0.3) is 0 Å². The maximum absolute atomic E-state index is 12.3. The standard InChI is InChI=1S/C36H63O9P/c1-4-6-7-8-9-10-11-16-21-26-33(37)27-22-17-14-19-24-29-36(39)45-34(31-44-46(40,41)42)30-43-35(38)28-23-18-13-12-15-20-25-32(3)5-2/h9-10,14,16-17,21-22,27,32-34,37H,4-8,11-13,15,18-20,23-26,28-31H2,1-3H3,(H2,40,41,42)/b10-9-,17-14+,21-16-,27-22-/t32?,33?,34-/m1/s1. The van der Waals surface area contributed by atoms with Crippen LogP contribution in [-0.2, 0) is 28.2 Å². The van der Waals surface area contributed by atoms with Gasteiger partial charge in [0.2, 0.25) is 0 Å². The van der Waals surface area contributed by atoms with Crippen LogP contribution in [0.5, 0.6) is 0 Å². The van der Waals surface area contributed by atoms with Crippen molar-refractivity contribution in [2.45, 2.75) is 149 Å². The first-order valence-corrected chi connectivity index (χ1v) is 19.0. The lowest BCUT2D eigenvalue weighted by Gasteiger charge is -2.18. The van der Waals surface area contributed by atoms with Crippen molar-refractivity contribution in [1.82, 2.24) is 0 Å². The van der Waals surface area contributed by atoms with Gasteiger partial charge in [-0.15, -0.1) is 0 Å². The Morgan fingerprint density at radius 2 is 1.43 bits per heavy atom. The second kappa shape index (κ2) is 30.3. The van der Waals surface area contributed by atoms with Gasteiger partial charge in [0.05, 0.1) is 12.7 Å². The molecule has 46 heavy (non-hydrogen) atoms. The van der Waals surface area contributed by atoms with Crippen molar-refractivity contribution in [1.29, 1.82) is 0 Å². The fourth-order valence-electron chi connectivity index (χ4n) is 4.42. The summed E-state index contributed by atoms with van der Waals surface area (Å²) in [5.41, 5.74) is 0. The number of aliphatic hydroxyl groups excluding tert-OH is 1. The number of unbranched alkanes of at least 4 members (excludes halogenated alkanes) is 9. The summed E-state index contributed by atoms with van der Waals surface area (Å²) in [6.45, 7) is 5.76. The first-order valence-electron chi connectivity index (χ1n) is 17.4. The maximum Gasteiger partial charge on any atom is 0.469 e. The molecule has 10 heteroatoms. The summed E-state index contributed by atoms with van der Waals surface area (Å²) in [4.78, 5) is 42.5. The molecule has 0 amide bonds. The second-order valence-corrected chi connectivity index (χ2v) is 13.2. The van der Waals surface area contributed by atoms with E-state index < -0.39 is 38.6 Å². The van der Waals surface area contributed by atoms with Gasteiger partial charge in [0.15, 0.2) is 6.10 Å². The third-order valence-electron chi connectivity index (χ3n) is 7.47. The number of ether oxygens (including phenoxy) is 2. The van der Waals surface area contributed by atoms with Gasteiger partial charge in [0.1, 0.15) is 6.61 Å². The average Bonchev–Trinajstić information content (AvgIpc) is 3.01. The van der Waals surface area contributed by atoms with Gasteiger partial charge in [-0.25, -0.2) is 4.57 Å². The molecule has 0 fully saturated rings. The molecule has 9 nitrogen and oxygen atoms in total. The third-order valence-corrected chi connectivity index (χ3v) is 7.96. The number of esters is 2. The van der Waals surface area contributed by atoms with E-state index in [0.717, 1.165) is 38.0 Å². The van der Waals surface area contributed by atoms with Crippen LogP contribution in [0, 0.1) is 5.92 Å². The third kappa shape index (κ3) is 31.9. The van der Waals surface area contributed by atoms with Gasteiger partial charge in [0, 0.05) is 12.8 Å². The summed E-state index contributed by atoms with van der Waals surface area (Å²) in [6, 6.07) is 0. The number of carbonyl (C=O) groups excluding carboxylic acids is 2. The zero-order valence-corrected chi connectivity index (χ0v) is 29.6. The Labute approximate surface area is 278 Å². The van der Waals surface area contributed by atoms with Gasteiger partial charge in [-0.05, 0) is 50.9 Å². The molecule has 0 aliphatic rings. The Balaban J connectivity index is 4.25. The van der Waals surface area contributed by atoms with E-state index in [1.807, 2.05) is 24.3 Å². The van der Waals surface area contributed by atoms with Crippen LogP contribution >= 0.6 is 7.82 Å². The lowest BCUT2D eigenvalue weighted by Crippen LogP contribution is -2.29. The molecule has 266 valence electrons. The number of hydrogen-bond acceptors (Lipinski definition) is 7. The largest absolute Gasteiger partial charge is 0.469 e. The predicted octanol–water partition coefficient (Wildman–Crippen LogP) is 8.83. The normalized spacial score (nSPS) is 14.5.